The van der Waals surface area contributed by atoms with Gasteiger partial charge in [0.15, 0.2) is 0 Å². The van der Waals surface area contributed by atoms with Crippen molar-refractivity contribution in [2.45, 2.75) is 39.5 Å². The van der Waals surface area contributed by atoms with E-state index in [1.165, 1.54) is 16.7 Å². The fourth-order valence-electron chi connectivity index (χ4n) is 2.89. The van der Waals surface area contributed by atoms with E-state index in [1.807, 2.05) is 11.9 Å². The van der Waals surface area contributed by atoms with Gasteiger partial charge in [-0.25, -0.2) is 0 Å². The van der Waals surface area contributed by atoms with Gasteiger partial charge in [-0.2, -0.15) is 0 Å². The number of carbonyl (C=O) groups is 1. The second kappa shape index (κ2) is 6.20. The van der Waals surface area contributed by atoms with E-state index in [2.05, 4.69) is 31.3 Å². The van der Waals surface area contributed by atoms with Crippen LogP contribution >= 0.6 is 0 Å². The molecule has 1 aliphatic heterocycles. The molecule has 3 nitrogen and oxygen atoms in total. The Morgan fingerprint density at radius 2 is 2.16 bits per heavy atom. The highest BCUT2D eigenvalue weighted by molar-refractivity contribution is 5.94. The molecule has 0 spiro atoms. The van der Waals surface area contributed by atoms with Gasteiger partial charge < -0.3 is 10.2 Å². The van der Waals surface area contributed by atoms with Crippen molar-refractivity contribution in [3.8, 4) is 0 Å². The van der Waals surface area contributed by atoms with E-state index >= 15 is 0 Å². The Morgan fingerprint density at radius 1 is 1.37 bits per heavy atom. The van der Waals surface area contributed by atoms with Crippen molar-refractivity contribution in [3.63, 3.8) is 0 Å². The maximum atomic E-state index is 12.4. The number of carbonyl (C=O) groups excluding carboxylic acids is 1. The van der Waals surface area contributed by atoms with Gasteiger partial charge in [-0.1, -0.05) is 6.07 Å². The van der Waals surface area contributed by atoms with E-state index in [4.69, 9.17) is 0 Å². The lowest BCUT2D eigenvalue weighted by molar-refractivity contribution is -0.118. The van der Waals surface area contributed by atoms with Gasteiger partial charge in [0, 0.05) is 18.7 Å². The standard InChI is InChI=1S/C16H24N2O/c1-12-10-13(2)14-6-5-9-18(15(14)11-12)16(19)7-4-8-17-3/h10-11,17H,4-9H2,1-3H3. The third kappa shape index (κ3) is 3.16. The highest BCUT2D eigenvalue weighted by Crippen LogP contribution is 2.31. The van der Waals surface area contributed by atoms with Gasteiger partial charge in [0.05, 0.1) is 0 Å². The van der Waals surface area contributed by atoms with Crippen LogP contribution in [0.1, 0.15) is 36.0 Å². The van der Waals surface area contributed by atoms with Gasteiger partial charge in [-0.05, 0) is 69.5 Å². The summed E-state index contributed by atoms with van der Waals surface area (Å²) < 4.78 is 0. The number of nitrogens with one attached hydrogen (secondary N) is 1. The summed E-state index contributed by atoms with van der Waals surface area (Å²) in [5.41, 5.74) is 5.07. The lowest BCUT2D eigenvalue weighted by atomic mass is 9.95. The van der Waals surface area contributed by atoms with Crippen LogP contribution in [0.5, 0.6) is 0 Å². The summed E-state index contributed by atoms with van der Waals surface area (Å²) >= 11 is 0. The van der Waals surface area contributed by atoms with Crippen LogP contribution in [0.25, 0.3) is 0 Å². The minimum atomic E-state index is 0.265. The Bertz CT molecular complexity index is 468. The van der Waals surface area contributed by atoms with Crippen LogP contribution in [-0.2, 0) is 11.2 Å². The smallest absolute Gasteiger partial charge is 0.227 e. The highest BCUT2D eigenvalue weighted by Gasteiger charge is 2.23. The molecule has 0 unspecified atom stereocenters. The largest absolute Gasteiger partial charge is 0.320 e. The molecule has 1 N–H and O–H groups in total. The predicted octanol–water partition coefficient (Wildman–Crippen LogP) is 2.58. The van der Waals surface area contributed by atoms with Gasteiger partial charge >= 0.3 is 0 Å². The summed E-state index contributed by atoms with van der Waals surface area (Å²) in [6.45, 7) is 6.03. The van der Waals surface area contributed by atoms with E-state index in [1.54, 1.807) is 0 Å². The first-order valence-electron chi connectivity index (χ1n) is 7.18. The average molecular weight is 260 g/mol. The van der Waals surface area contributed by atoms with Crippen LogP contribution in [0.2, 0.25) is 0 Å². The second-order valence-corrected chi connectivity index (χ2v) is 5.44. The summed E-state index contributed by atoms with van der Waals surface area (Å²) in [6, 6.07) is 4.38. The number of benzene rings is 1. The molecule has 0 aromatic heterocycles. The lowest BCUT2D eigenvalue weighted by Crippen LogP contribution is -2.36. The molecule has 0 saturated heterocycles. The van der Waals surface area contributed by atoms with Crippen molar-refractivity contribution in [1.82, 2.24) is 5.32 Å². The highest BCUT2D eigenvalue weighted by atomic mass is 16.2. The van der Waals surface area contributed by atoms with Gasteiger partial charge in [0.2, 0.25) is 5.91 Å². The molecular formula is C16H24N2O. The van der Waals surface area contributed by atoms with Crippen molar-refractivity contribution in [3.05, 3.63) is 28.8 Å². The third-order valence-electron chi connectivity index (χ3n) is 3.81. The first kappa shape index (κ1) is 14.1. The number of fused-ring (bicyclic) bond motifs is 1. The Morgan fingerprint density at radius 3 is 2.89 bits per heavy atom. The number of aryl methyl sites for hydroxylation is 2. The molecule has 1 aromatic rings. The number of hydrogen-bond donors (Lipinski definition) is 1. The zero-order valence-electron chi connectivity index (χ0n) is 12.3. The van der Waals surface area contributed by atoms with Gasteiger partial charge in [0.1, 0.15) is 0 Å². The van der Waals surface area contributed by atoms with Crippen molar-refractivity contribution in [2.24, 2.45) is 0 Å². The third-order valence-corrected chi connectivity index (χ3v) is 3.81. The molecule has 1 amide bonds. The van der Waals surface area contributed by atoms with E-state index in [0.29, 0.717) is 6.42 Å². The van der Waals surface area contributed by atoms with E-state index < -0.39 is 0 Å². The number of rotatable bonds is 4. The average Bonchev–Trinajstić information content (AvgIpc) is 2.38. The fraction of sp³-hybridized carbons (Fsp3) is 0.562. The van der Waals surface area contributed by atoms with E-state index in [9.17, 15) is 4.79 Å². The lowest BCUT2D eigenvalue weighted by Gasteiger charge is -2.31. The molecule has 0 atom stereocenters. The Labute approximate surface area is 116 Å². The van der Waals surface area contributed by atoms with Gasteiger partial charge in [-0.15, -0.1) is 0 Å². The first-order valence-corrected chi connectivity index (χ1v) is 7.18. The summed E-state index contributed by atoms with van der Waals surface area (Å²) in [5.74, 6) is 0.265. The molecule has 2 rings (SSSR count). The van der Waals surface area contributed by atoms with Crippen LogP contribution in [0.3, 0.4) is 0 Å². The monoisotopic (exact) mass is 260 g/mol. The van der Waals surface area contributed by atoms with Crippen LogP contribution < -0.4 is 10.2 Å². The molecule has 1 aliphatic rings. The SMILES string of the molecule is CNCCCC(=O)N1CCCc2c(C)cc(C)cc21. The number of amides is 1. The molecule has 0 fully saturated rings. The second-order valence-electron chi connectivity index (χ2n) is 5.44. The predicted molar refractivity (Wildman–Crippen MR) is 79.8 cm³/mol. The molecule has 0 bridgehead atoms. The number of nitrogens with zero attached hydrogens (tertiary/aromatic N) is 1. The zero-order chi connectivity index (χ0) is 13.8. The van der Waals surface area contributed by atoms with Gasteiger partial charge in [0.25, 0.3) is 0 Å². The zero-order valence-corrected chi connectivity index (χ0v) is 12.3. The molecular weight excluding hydrogens is 236 g/mol. The minimum absolute atomic E-state index is 0.265. The summed E-state index contributed by atoms with van der Waals surface area (Å²) in [4.78, 5) is 14.4. The summed E-state index contributed by atoms with van der Waals surface area (Å²) in [7, 11) is 1.92. The summed E-state index contributed by atoms with van der Waals surface area (Å²) in [6.07, 6.45) is 3.72. The topological polar surface area (TPSA) is 32.3 Å². The molecule has 19 heavy (non-hydrogen) atoms. The van der Waals surface area contributed by atoms with Crippen LogP contribution in [-0.4, -0.2) is 26.0 Å². The first-order chi connectivity index (χ1) is 9.13. The van der Waals surface area contributed by atoms with Gasteiger partial charge in [-0.3, -0.25) is 4.79 Å². The molecule has 0 radical (unpaired) electrons. The molecule has 0 aliphatic carbocycles. The fourth-order valence-corrected chi connectivity index (χ4v) is 2.89. The minimum Gasteiger partial charge on any atom is -0.320 e. The Hall–Kier alpha value is -1.35. The van der Waals surface area contributed by atoms with Crippen LogP contribution in [0.15, 0.2) is 12.1 Å². The molecule has 1 heterocycles. The van der Waals surface area contributed by atoms with Crippen molar-refractivity contribution < 1.29 is 4.79 Å². The van der Waals surface area contributed by atoms with E-state index in [0.717, 1.165) is 38.0 Å². The van der Waals surface area contributed by atoms with Crippen molar-refractivity contribution in [1.29, 1.82) is 0 Å². The Balaban J connectivity index is 2.19. The number of anilines is 1. The quantitative estimate of drug-likeness (QED) is 0.844. The normalized spacial score (nSPS) is 14.4. The van der Waals surface area contributed by atoms with Crippen LogP contribution in [0, 0.1) is 13.8 Å². The molecule has 0 saturated carbocycles. The molecule has 104 valence electrons. The number of hydrogen-bond acceptors (Lipinski definition) is 2. The maximum Gasteiger partial charge on any atom is 0.227 e. The molecule has 3 heteroatoms. The van der Waals surface area contributed by atoms with E-state index in [-0.39, 0.29) is 5.91 Å². The molecule has 1 aromatic carbocycles. The maximum absolute atomic E-state index is 12.4. The summed E-state index contributed by atoms with van der Waals surface area (Å²) in [5, 5.41) is 3.09. The van der Waals surface area contributed by atoms with Crippen molar-refractivity contribution in [2.75, 3.05) is 25.0 Å². The Kier molecular flexibility index (Phi) is 4.59. The van der Waals surface area contributed by atoms with Crippen molar-refractivity contribution >= 4 is 11.6 Å². The van der Waals surface area contributed by atoms with Crippen LogP contribution in [0.4, 0.5) is 5.69 Å².